The Balaban J connectivity index is 1.18. The van der Waals surface area contributed by atoms with E-state index in [2.05, 4.69) is 123 Å². The molecular weight excluding hydrogens is 881 g/mol. The van der Waals surface area contributed by atoms with Crippen LogP contribution in [0.5, 0.6) is 0 Å². The summed E-state index contributed by atoms with van der Waals surface area (Å²) in [5, 5.41) is 53.4. The Bertz CT molecular complexity index is 4160. The van der Waals surface area contributed by atoms with Crippen molar-refractivity contribution in [2.24, 2.45) is 0 Å². The number of hydrogen-bond donors (Lipinski definition) is 0. The minimum atomic E-state index is 0.479. The number of fused-ring (bicyclic) bond motifs is 6. The molecule has 0 atom stereocenters. The number of nitrogens with zero attached hydrogens (tertiary/aromatic N) is 8. The van der Waals surface area contributed by atoms with Gasteiger partial charge in [-0.3, -0.25) is 4.98 Å². The standard InChI is InChI=1S/C64H34N8/c65-34-40-3-11-44(12-4-40)48-19-23-59-55(28-48)56-29-49(45-13-5-41(35-66)6-14-45)20-24-60(56)71(59)63-32-53(38-69)54(52-2-1-27-70-39-52)33-64(63)72-61-25-21-50(46-15-7-42(36-67)8-16-46)30-57(61)58-31-51(22-26-62(58)72)47-17-9-43(37-68)10-18-47/h1-33,39H. The zero-order valence-electron chi connectivity index (χ0n) is 38.2. The van der Waals surface area contributed by atoms with E-state index in [0.29, 0.717) is 27.8 Å². The lowest BCUT2D eigenvalue weighted by Gasteiger charge is -2.19. The second-order valence-electron chi connectivity index (χ2n) is 17.6. The fourth-order valence-electron chi connectivity index (χ4n) is 10.0. The summed E-state index contributed by atoms with van der Waals surface area (Å²) in [5.41, 5.74) is 17.5. The lowest BCUT2D eigenvalue weighted by Crippen LogP contribution is -2.05. The van der Waals surface area contributed by atoms with Crippen molar-refractivity contribution in [2.75, 3.05) is 0 Å². The first-order valence-corrected chi connectivity index (χ1v) is 23.1. The zero-order valence-corrected chi connectivity index (χ0v) is 38.2. The van der Waals surface area contributed by atoms with Crippen LogP contribution >= 0.6 is 0 Å². The number of hydrogen-bond acceptors (Lipinski definition) is 6. The molecule has 8 nitrogen and oxygen atoms in total. The van der Waals surface area contributed by atoms with Crippen molar-refractivity contribution in [1.82, 2.24) is 14.1 Å². The van der Waals surface area contributed by atoms with E-state index in [1.54, 1.807) is 12.4 Å². The van der Waals surface area contributed by atoms with E-state index in [1.807, 2.05) is 115 Å². The van der Waals surface area contributed by atoms with Gasteiger partial charge in [0.15, 0.2) is 0 Å². The van der Waals surface area contributed by atoms with Gasteiger partial charge >= 0.3 is 0 Å². The van der Waals surface area contributed by atoms with E-state index in [9.17, 15) is 26.3 Å². The monoisotopic (exact) mass is 914 g/mol. The molecule has 9 aromatic carbocycles. The summed E-state index contributed by atoms with van der Waals surface area (Å²) in [4.78, 5) is 4.48. The van der Waals surface area contributed by atoms with Gasteiger partial charge in [0.1, 0.15) is 0 Å². The molecule has 0 aliphatic rings. The molecule has 0 radical (unpaired) electrons. The number of benzene rings is 9. The van der Waals surface area contributed by atoms with Gasteiger partial charge in [0, 0.05) is 45.1 Å². The van der Waals surface area contributed by atoms with Crippen LogP contribution in [0, 0.1) is 56.7 Å². The predicted octanol–water partition coefficient (Wildman–Crippen LogP) is 15.0. The summed E-state index contributed by atoms with van der Waals surface area (Å²) in [7, 11) is 0. The molecule has 72 heavy (non-hydrogen) atoms. The highest BCUT2D eigenvalue weighted by atomic mass is 15.1. The molecule has 0 N–H and O–H groups in total. The molecule has 0 fully saturated rings. The van der Waals surface area contributed by atoms with Crippen LogP contribution in [-0.4, -0.2) is 14.1 Å². The SMILES string of the molecule is N#Cc1ccc(-c2ccc3c(c2)c2cc(-c4ccc(C#N)cc4)ccc2n3-c2cc(C#N)c(-c3cccnc3)cc2-n2c3ccc(-c4ccc(C#N)cc4)cc3c3cc(-c4ccc(C#N)cc4)ccc32)cc1. The second-order valence-corrected chi connectivity index (χ2v) is 17.6. The Hall–Kier alpha value is -10.8. The van der Waals surface area contributed by atoms with Gasteiger partial charge in [-0.1, -0.05) is 78.9 Å². The maximum absolute atomic E-state index is 11.1. The number of rotatable bonds is 7. The van der Waals surface area contributed by atoms with Crippen LogP contribution in [0.3, 0.4) is 0 Å². The summed E-state index contributed by atoms with van der Waals surface area (Å²) < 4.78 is 4.55. The smallest absolute Gasteiger partial charge is 0.0999 e. The highest BCUT2D eigenvalue weighted by molar-refractivity contribution is 6.14. The van der Waals surface area contributed by atoms with Crippen molar-refractivity contribution >= 4 is 43.6 Å². The summed E-state index contributed by atoms with van der Waals surface area (Å²) in [5.74, 6) is 0. The Kier molecular flexibility index (Phi) is 10.3. The van der Waals surface area contributed by atoms with Crippen molar-refractivity contribution in [3.05, 3.63) is 234 Å². The van der Waals surface area contributed by atoms with Gasteiger partial charge in [-0.15, -0.1) is 0 Å². The van der Waals surface area contributed by atoms with Gasteiger partial charge in [0.05, 0.1) is 91.6 Å². The molecule has 330 valence electrons. The molecule has 8 heteroatoms. The quantitative estimate of drug-likeness (QED) is 0.156. The Morgan fingerprint density at radius 1 is 0.306 bits per heavy atom. The first-order chi connectivity index (χ1) is 35.4. The molecule has 3 heterocycles. The van der Waals surface area contributed by atoms with Crippen LogP contribution in [-0.2, 0) is 0 Å². The minimum Gasteiger partial charge on any atom is -0.307 e. The van der Waals surface area contributed by atoms with E-state index in [-0.39, 0.29) is 0 Å². The largest absolute Gasteiger partial charge is 0.307 e. The Morgan fingerprint density at radius 2 is 0.625 bits per heavy atom. The second kappa shape index (κ2) is 17.4. The molecule has 0 bridgehead atoms. The van der Waals surface area contributed by atoms with Crippen LogP contribution in [0.4, 0.5) is 0 Å². The zero-order chi connectivity index (χ0) is 48.9. The molecule has 0 spiro atoms. The van der Waals surface area contributed by atoms with Gasteiger partial charge in [-0.2, -0.15) is 26.3 Å². The fraction of sp³-hybridized carbons (Fsp3) is 0. The number of nitriles is 5. The first-order valence-electron chi connectivity index (χ1n) is 23.1. The topological polar surface area (TPSA) is 142 Å². The fourth-order valence-corrected chi connectivity index (χ4v) is 10.0. The van der Waals surface area contributed by atoms with Crippen molar-refractivity contribution in [2.45, 2.75) is 0 Å². The molecule has 12 rings (SSSR count). The highest BCUT2D eigenvalue weighted by Gasteiger charge is 2.24. The van der Waals surface area contributed by atoms with Crippen LogP contribution in [0.15, 0.2) is 207 Å². The third-order valence-corrected chi connectivity index (χ3v) is 13.6. The summed E-state index contributed by atoms with van der Waals surface area (Å²) >= 11 is 0. The normalized spacial score (nSPS) is 11.0. The van der Waals surface area contributed by atoms with Crippen LogP contribution in [0.25, 0.3) is 111 Å². The molecule has 0 amide bonds. The van der Waals surface area contributed by atoms with Crippen molar-refractivity contribution < 1.29 is 0 Å². The molecule has 12 aromatic rings. The summed E-state index contributed by atoms with van der Waals surface area (Å²) in [6.07, 6.45) is 3.51. The highest BCUT2D eigenvalue weighted by Crippen LogP contribution is 2.44. The average Bonchev–Trinajstić information content (AvgIpc) is 3.96. The van der Waals surface area contributed by atoms with Gasteiger partial charge in [-0.25, -0.2) is 0 Å². The molecule has 0 saturated heterocycles. The van der Waals surface area contributed by atoms with Gasteiger partial charge < -0.3 is 9.13 Å². The molecule has 0 saturated carbocycles. The summed E-state index contributed by atoms with van der Waals surface area (Å²) in [6.45, 7) is 0. The lowest BCUT2D eigenvalue weighted by molar-refractivity contribution is 1.09. The van der Waals surface area contributed by atoms with Crippen molar-refractivity contribution in [3.8, 4) is 97.4 Å². The van der Waals surface area contributed by atoms with E-state index in [1.165, 1.54) is 0 Å². The maximum atomic E-state index is 11.1. The minimum absolute atomic E-state index is 0.479. The average molecular weight is 915 g/mol. The maximum Gasteiger partial charge on any atom is 0.0999 e. The van der Waals surface area contributed by atoms with E-state index in [0.717, 1.165) is 111 Å². The van der Waals surface area contributed by atoms with Crippen LogP contribution < -0.4 is 0 Å². The third kappa shape index (κ3) is 7.17. The van der Waals surface area contributed by atoms with Gasteiger partial charge in [0.2, 0.25) is 0 Å². The molecule has 0 unspecified atom stereocenters. The Labute approximate surface area is 413 Å². The van der Waals surface area contributed by atoms with Gasteiger partial charge in [-0.05, 0) is 160 Å². The summed E-state index contributed by atoms with van der Waals surface area (Å²) in [6, 6.07) is 75.7. The first kappa shape index (κ1) is 42.5. The molecular formula is C64H34N8. The van der Waals surface area contributed by atoms with E-state index >= 15 is 0 Å². The lowest BCUT2D eigenvalue weighted by atomic mass is 9.99. The molecule has 0 aliphatic carbocycles. The van der Waals surface area contributed by atoms with E-state index < -0.39 is 0 Å². The van der Waals surface area contributed by atoms with Gasteiger partial charge in [0.25, 0.3) is 0 Å². The number of pyridine rings is 1. The van der Waals surface area contributed by atoms with Crippen LogP contribution in [0.1, 0.15) is 27.8 Å². The van der Waals surface area contributed by atoms with Crippen molar-refractivity contribution in [1.29, 1.82) is 26.3 Å². The third-order valence-electron chi connectivity index (χ3n) is 13.6. The Morgan fingerprint density at radius 3 is 0.917 bits per heavy atom. The predicted molar refractivity (Wildman–Crippen MR) is 284 cm³/mol. The van der Waals surface area contributed by atoms with Crippen LogP contribution in [0.2, 0.25) is 0 Å². The number of aromatic nitrogens is 3. The van der Waals surface area contributed by atoms with Crippen molar-refractivity contribution in [3.63, 3.8) is 0 Å². The van der Waals surface area contributed by atoms with E-state index in [4.69, 9.17) is 0 Å². The molecule has 0 aliphatic heterocycles. The molecule has 3 aromatic heterocycles.